The second kappa shape index (κ2) is 5.21. The monoisotopic (exact) mass is 201 g/mol. The first kappa shape index (κ1) is 11.5. The molecule has 0 saturated carbocycles. The van der Waals surface area contributed by atoms with Gasteiger partial charge in [-0.3, -0.25) is 0 Å². The lowest BCUT2D eigenvalue weighted by molar-refractivity contribution is 1.18. The quantitative estimate of drug-likeness (QED) is 0.368. The fourth-order valence-corrected chi connectivity index (χ4v) is 0.742. The molecule has 0 amide bonds. The summed E-state index contributed by atoms with van der Waals surface area (Å²) in [5.74, 6) is -0.0408. The van der Waals surface area contributed by atoms with Crippen molar-refractivity contribution in [2.75, 3.05) is 0 Å². The maximum Gasteiger partial charge on any atom is 0.211 e. The molecule has 0 bridgehead atoms. The van der Waals surface area contributed by atoms with E-state index in [1.807, 2.05) is 25.3 Å². The highest BCUT2D eigenvalue weighted by atomic mass is 35.5. The van der Waals surface area contributed by atoms with E-state index in [-0.39, 0.29) is 18.4 Å². The molecule has 0 aliphatic heterocycles. The van der Waals surface area contributed by atoms with Gasteiger partial charge in [-0.05, 0) is 19.1 Å². The molecular formula is C7H12ClN5. The maximum absolute atomic E-state index is 5.10. The van der Waals surface area contributed by atoms with Gasteiger partial charge in [-0.15, -0.1) is 17.5 Å². The van der Waals surface area contributed by atoms with E-state index in [0.29, 0.717) is 0 Å². The normalized spacial score (nSPS) is 10.4. The van der Waals surface area contributed by atoms with Crippen LogP contribution in [0.4, 0.5) is 0 Å². The van der Waals surface area contributed by atoms with Gasteiger partial charge in [-0.1, -0.05) is 0 Å². The molecule has 1 rings (SSSR count). The van der Waals surface area contributed by atoms with Crippen LogP contribution >= 0.6 is 12.4 Å². The molecule has 72 valence electrons. The van der Waals surface area contributed by atoms with Crippen molar-refractivity contribution in [1.82, 2.24) is 4.98 Å². The Kier molecular flexibility index (Phi) is 4.61. The van der Waals surface area contributed by atoms with E-state index in [9.17, 15) is 0 Å². The zero-order valence-electron chi connectivity index (χ0n) is 7.19. The summed E-state index contributed by atoms with van der Waals surface area (Å²) in [6.07, 6.45) is 1.81. The third kappa shape index (κ3) is 3.62. The molecule has 0 aliphatic carbocycles. The molecule has 0 radical (unpaired) electrons. The molecule has 1 aromatic rings. The molecule has 0 unspecified atom stereocenters. The predicted molar refractivity (Wildman–Crippen MR) is 56.1 cm³/mol. The van der Waals surface area contributed by atoms with Crippen LogP contribution in [0.25, 0.3) is 0 Å². The fourth-order valence-electron chi connectivity index (χ4n) is 0.742. The third-order valence-electron chi connectivity index (χ3n) is 1.30. The van der Waals surface area contributed by atoms with Gasteiger partial charge in [0, 0.05) is 6.20 Å². The third-order valence-corrected chi connectivity index (χ3v) is 1.30. The van der Waals surface area contributed by atoms with E-state index in [4.69, 9.17) is 11.5 Å². The van der Waals surface area contributed by atoms with E-state index < -0.39 is 0 Å². The van der Waals surface area contributed by atoms with Crippen LogP contribution in [0, 0.1) is 0 Å². The maximum atomic E-state index is 5.10. The molecule has 0 aromatic carbocycles. The van der Waals surface area contributed by atoms with Crippen LogP contribution in [0.15, 0.2) is 28.5 Å². The fraction of sp³-hybridized carbons (Fsp3) is 0.143. The number of hydrogen-bond acceptors (Lipinski definition) is 2. The van der Waals surface area contributed by atoms with Crippen LogP contribution in [-0.4, -0.2) is 16.7 Å². The van der Waals surface area contributed by atoms with Crippen molar-refractivity contribution in [3.05, 3.63) is 24.0 Å². The van der Waals surface area contributed by atoms with Gasteiger partial charge in [0.2, 0.25) is 5.96 Å². The van der Waals surface area contributed by atoms with Crippen LogP contribution < -0.4 is 11.5 Å². The van der Waals surface area contributed by atoms with Crippen molar-refractivity contribution >= 4 is 24.1 Å². The summed E-state index contributed by atoms with van der Waals surface area (Å²) in [5.41, 5.74) is 11.9. The number of guanidine groups is 1. The summed E-state index contributed by atoms with van der Waals surface area (Å²) >= 11 is 0. The van der Waals surface area contributed by atoms with Gasteiger partial charge in [-0.25, -0.2) is 0 Å². The number of aromatic amines is 1. The van der Waals surface area contributed by atoms with Crippen molar-refractivity contribution in [2.45, 2.75) is 6.92 Å². The minimum Gasteiger partial charge on any atom is -0.369 e. The van der Waals surface area contributed by atoms with Crippen molar-refractivity contribution in [2.24, 2.45) is 21.7 Å². The van der Waals surface area contributed by atoms with E-state index >= 15 is 0 Å². The molecule has 0 saturated heterocycles. The van der Waals surface area contributed by atoms with Crippen molar-refractivity contribution in [1.29, 1.82) is 0 Å². The summed E-state index contributed by atoms with van der Waals surface area (Å²) < 4.78 is 0. The smallest absolute Gasteiger partial charge is 0.211 e. The summed E-state index contributed by atoms with van der Waals surface area (Å²) in [6.45, 7) is 1.82. The van der Waals surface area contributed by atoms with Gasteiger partial charge in [0.25, 0.3) is 0 Å². The van der Waals surface area contributed by atoms with Crippen LogP contribution in [0.1, 0.15) is 12.6 Å². The lowest BCUT2D eigenvalue weighted by atomic mass is 10.3. The van der Waals surface area contributed by atoms with E-state index in [1.54, 1.807) is 0 Å². The Morgan fingerprint density at radius 1 is 1.38 bits per heavy atom. The zero-order valence-corrected chi connectivity index (χ0v) is 8.01. The summed E-state index contributed by atoms with van der Waals surface area (Å²) in [4.78, 5) is 2.98. The van der Waals surface area contributed by atoms with E-state index in [2.05, 4.69) is 15.2 Å². The average Bonchev–Trinajstić information content (AvgIpc) is 2.51. The molecule has 6 heteroatoms. The van der Waals surface area contributed by atoms with Crippen molar-refractivity contribution in [3.63, 3.8) is 0 Å². The van der Waals surface area contributed by atoms with Gasteiger partial charge >= 0.3 is 0 Å². The molecule has 0 aliphatic rings. The summed E-state index contributed by atoms with van der Waals surface area (Å²) in [6, 6.07) is 3.77. The lowest BCUT2D eigenvalue weighted by Crippen LogP contribution is -2.22. The number of aromatic nitrogens is 1. The molecule has 5 nitrogen and oxygen atoms in total. The number of nitrogens with two attached hydrogens (primary N) is 2. The first-order valence-corrected chi connectivity index (χ1v) is 3.47. The number of halogens is 1. The second-order valence-electron chi connectivity index (χ2n) is 2.29. The minimum atomic E-state index is -0.0408. The minimum absolute atomic E-state index is 0. The van der Waals surface area contributed by atoms with Gasteiger partial charge in [0.05, 0.1) is 11.4 Å². The Balaban J connectivity index is 0.00000144. The predicted octanol–water partition coefficient (Wildman–Crippen LogP) is 0.434. The molecule has 13 heavy (non-hydrogen) atoms. The highest BCUT2D eigenvalue weighted by Crippen LogP contribution is 1.96. The van der Waals surface area contributed by atoms with Gasteiger partial charge in [0.15, 0.2) is 0 Å². The second-order valence-corrected chi connectivity index (χ2v) is 2.29. The van der Waals surface area contributed by atoms with Crippen LogP contribution in [-0.2, 0) is 0 Å². The Morgan fingerprint density at radius 3 is 2.54 bits per heavy atom. The zero-order chi connectivity index (χ0) is 8.97. The van der Waals surface area contributed by atoms with Crippen LogP contribution in [0.5, 0.6) is 0 Å². The highest BCUT2D eigenvalue weighted by molar-refractivity contribution is 5.97. The van der Waals surface area contributed by atoms with E-state index in [0.717, 1.165) is 11.4 Å². The molecule has 1 heterocycles. The van der Waals surface area contributed by atoms with E-state index in [1.165, 1.54) is 0 Å². The van der Waals surface area contributed by atoms with Crippen LogP contribution in [0.3, 0.4) is 0 Å². The molecule has 0 spiro atoms. The largest absolute Gasteiger partial charge is 0.369 e. The van der Waals surface area contributed by atoms with Crippen molar-refractivity contribution in [3.8, 4) is 0 Å². The van der Waals surface area contributed by atoms with Gasteiger partial charge < -0.3 is 16.5 Å². The molecule has 0 atom stereocenters. The van der Waals surface area contributed by atoms with Crippen molar-refractivity contribution < 1.29 is 0 Å². The topological polar surface area (TPSA) is 92.5 Å². The average molecular weight is 202 g/mol. The Bertz CT molecular complexity index is 297. The number of nitrogens with zero attached hydrogens (tertiary/aromatic N) is 2. The molecule has 5 N–H and O–H groups in total. The number of H-pyrrole nitrogens is 1. The highest BCUT2D eigenvalue weighted by Gasteiger charge is 1.94. The Morgan fingerprint density at radius 2 is 2.08 bits per heavy atom. The summed E-state index contributed by atoms with van der Waals surface area (Å²) in [7, 11) is 0. The molecule has 1 aromatic heterocycles. The number of hydrogen-bond donors (Lipinski definition) is 3. The first-order chi connectivity index (χ1) is 5.70. The Labute approximate surface area is 82.3 Å². The van der Waals surface area contributed by atoms with Crippen LogP contribution in [0.2, 0.25) is 0 Å². The summed E-state index contributed by atoms with van der Waals surface area (Å²) in [5, 5.41) is 7.31. The molecular weight excluding hydrogens is 190 g/mol. The lowest BCUT2D eigenvalue weighted by Gasteiger charge is -1.92. The van der Waals surface area contributed by atoms with Gasteiger partial charge in [0.1, 0.15) is 0 Å². The Hall–Kier alpha value is -1.49. The SMILES string of the molecule is C/C(=N/N=C(N)N)c1ccc[nH]1.Cl. The first-order valence-electron chi connectivity index (χ1n) is 3.47. The number of nitrogens with one attached hydrogen (secondary N) is 1. The number of rotatable bonds is 2. The molecule has 0 fully saturated rings. The standard InChI is InChI=1S/C7H11N5.ClH/c1-5(11-12-7(8)9)6-3-2-4-10-6;/h2-4,10H,1H3,(H4,8,9,12);1H/b11-5-;. The van der Waals surface area contributed by atoms with Gasteiger partial charge in [-0.2, -0.15) is 5.10 Å².